The zero-order valence-electron chi connectivity index (χ0n) is 12.6. The fourth-order valence-electron chi connectivity index (χ4n) is 2.58. The molecule has 2 unspecified atom stereocenters. The Morgan fingerprint density at radius 1 is 1.20 bits per heavy atom. The third-order valence-electron chi connectivity index (χ3n) is 3.76. The summed E-state index contributed by atoms with van der Waals surface area (Å²) >= 11 is 1.84. The van der Waals surface area contributed by atoms with Crippen molar-refractivity contribution >= 4 is 11.8 Å². The van der Waals surface area contributed by atoms with Gasteiger partial charge in [0.05, 0.1) is 6.10 Å². The van der Waals surface area contributed by atoms with Gasteiger partial charge in [-0.05, 0) is 43.0 Å². The van der Waals surface area contributed by atoms with Gasteiger partial charge in [0.2, 0.25) is 0 Å². The SMILES string of the molecule is CC(C)CNCc1ccc(SC2CCCCC2O)cc1. The van der Waals surface area contributed by atoms with E-state index in [1.807, 2.05) is 11.8 Å². The maximum atomic E-state index is 10.0. The van der Waals surface area contributed by atoms with E-state index in [1.165, 1.54) is 23.3 Å². The van der Waals surface area contributed by atoms with Crippen LogP contribution in [-0.4, -0.2) is 23.0 Å². The largest absolute Gasteiger partial charge is 0.392 e. The van der Waals surface area contributed by atoms with E-state index in [2.05, 4.69) is 43.4 Å². The van der Waals surface area contributed by atoms with Crippen molar-refractivity contribution < 1.29 is 5.11 Å². The summed E-state index contributed by atoms with van der Waals surface area (Å²) in [6.07, 6.45) is 4.42. The molecule has 1 fully saturated rings. The topological polar surface area (TPSA) is 32.3 Å². The lowest BCUT2D eigenvalue weighted by molar-refractivity contribution is 0.137. The van der Waals surface area contributed by atoms with Gasteiger partial charge in [-0.25, -0.2) is 0 Å². The van der Waals surface area contributed by atoms with Gasteiger partial charge in [0.15, 0.2) is 0 Å². The average molecular weight is 293 g/mol. The molecule has 1 aromatic rings. The first-order chi connectivity index (χ1) is 9.65. The summed E-state index contributed by atoms with van der Waals surface area (Å²) in [6, 6.07) is 8.78. The van der Waals surface area contributed by atoms with Gasteiger partial charge in [-0.2, -0.15) is 0 Å². The minimum Gasteiger partial charge on any atom is -0.392 e. The van der Waals surface area contributed by atoms with E-state index in [0.29, 0.717) is 11.2 Å². The zero-order valence-corrected chi connectivity index (χ0v) is 13.5. The normalized spacial score (nSPS) is 23.2. The van der Waals surface area contributed by atoms with E-state index >= 15 is 0 Å². The van der Waals surface area contributed by atoms with Crippen LogP contribution in [0, 0.1) is 5.92 Å². The van der Waals surface area contributed by atoms with Crippen LogP contribution in [0.3, 0.4) is 0 Å². The van der Waals surface area contributed by atoms with Gasteiger partial charge in [-0.1, -0.05) is 38.8 Å². The molecule has 0 amide bonds. The number of nitrogens with one attached hydrogen (secondary N) is 1. The van der Waals surface area contributed by atoms with Crippen molar-refractivity contribution in [2.75, 3.05) is 6.54 Å². The third-order valence-corrected chi connectivity index (χ3v) is 5.16. The smallest absolute Gasteiger partial charge is 0.0662 e. The second kappa shape index (κ2) is 8.06. The average Bonchev–Trinajstić information content (AvgIpc) is 2.43. The minimum atomic E-state index is -0.124. The maximum absolute atomic E-state index is 10.0. The summed E-state index contributed by atoms with van der Waals surface area (Å²) in [5.74, 6) is 0.692. The molecule has 20 heavy (non-hydrogen) atoms. The molecule has 0 spiro atoms. The summed E-state index contributed by atoms with van der Waals surface area (Å²) in [6.45, 7) is 6.45. The lowest BCUT2D eigenvalue weighted by Crippen LogP contribution is -2.26. The molecular weight excluding hydrogens is 266 g/mol. The van der Waals surface area contributed by atoms with E-state index in [4.69, 9.17) is 0 Å². The summed E-state index contributed by atoms with van der Waals surface area (Å²) in [5, 5.41) is 13.9. The molecule has 0 heterocycles. The molecule has 2 N–H and O–H groups in total. The highest BCUT2D eigenvalue weighted by Crippen LogP contribution is 2.33. The number of aliphatic hydroxyl groups excluding tert-OH is 1. The molecular formula is C17H27NOS. The Morgan fingerprint density at radius 3 is 2.55 bits per heavy atom. The molecule has 0 radical (unpaired) electrons. The number of thioether (sulfide) groups is 1. The van der Waals surface area contributed by atoms with Crippen LogP contribution in [0.25, 0.3) is 0 Å². The molecule has 1 saturated carbocycles. The van der Waals surface area contributed by atoms with Crippen LogP contribution in [0.2, 0.25) is 0 Å². The predicted octanol–water partition coefficient (Wildman–Crippen LogP) is 3.83. The Labute approximate surface area is 127 Å². The molecule has 2 atom stereocenters. The summed E-state index contributed by atoms with van der Waals surface area (Å²) in [5.41, 5.74) is 1.33. The molecule has 1 aliphatic carbocycles. The summed E-state index contributed by atoms with van der Waals surface area (Å²) in [4.78, 5) is 1.28. The van der Waals surface area contributed by atoms with Crippen molar-refractivity contribution in [3.05, 3.63) is 29.8 Å². The summed E-state index contributed by atoms with van der Waals surface area (Å²) < 4.78 is 0. The van der Waals surface area contributed by atoms with Crippen molar-refractivity contribution in [1.82, 2.24) is 5.32 Å². The van der Waals surface area contributed by atoms with Gasteiger partial charge >= 0.3 is 0 Å². The molecule has 0 aliphatic heterocycles. The van der Waals surface area contributed by atoms with E-state index in [9.17, 15) is 5.11 Å². The Balaban J connectivity index is 1.81. The van der Waals surface area contributed by atoms with Gasteiger partial charge < -0.3 is 10.4 Å². The molecule has 2 nitrogen and oxygen atoms in total. The fourth-order valence-corrected chi connectivity index (χ4v) is 3.80. The van der Waals surface area contributed by atoms with E-state index in [0.717, 1.165) is 25.9 Å². The number of hydrogen-bond acceptors (Lipinski definition) is 3. The van der Waals surface area contributed by atoms with Gasteiger partial charge in [-0.15, -0.1) is 11.8 Å². The Morgan fingerprint density at radius 2 is 1.90 bits per heavy atom. The Bertz CT molecular complexity index is 390. The fraction of sp³-hybridized carbons (Fsp3) is 0.647. The maximum Gasteiger partial charge on any atom is 0.0662 e. The van der Waals surface area contributed by atoms with Crippen LogP contribution in [-0.2, 0) is 6.54 Å². The molecule has 2 rings (SSSR count). The quantitative estimate of drug-likeness (QED) is 0.836. The number of aliphatic hydroxyl groups is 1. The predicted molar refractivity (Wildman–Crippen MR) is 87.1 cm³/mol. The number of benzene rings is 1. The second-order valence-corrected chi connectivity index (χ2v) is 7.49. The van der Waals surface area contributed by atoms with Crippen molar-refractivity contribution in [2.45, 2.75) is 62.3 Å². The Kier molecular flexibility index (Phi) is 6.40. The molecule has 3 heteroatoms. The molecule has 0 saturated heterocycles. The number of rotatable bonds is 6. The van der Waals surface area contributed by atoms with Crippen LogP contribution >= 0.6 is 11.8 Å². The second-order valence-electron chi connectivity index (χ2n) is 6.18. The van der Waals surface area contributed by atoms with E-state index < -0.39 is 0 Å². The summed E-state index contributed by atoms with van der Waals surface area (Å²) in [7, 11) is 0. The first-order valence-corrected chi connectivity index (χ1v) is 8.67. The van der Waals surface area contributed by atoms with Crippen LogP contribution in [0.4, 0.5) is 0 Å². The highest BCUT2D eigenvalue weighted by atomic mass is 32.2. The Hall–Kier alpha value is -0.510. The van der Waals surface area contributed by atoms with Gasteiger partial charge in [0, 0.05) is 16.7 Å². The number of hydrogen-bond donors (Lipinski definition) is 2. The molecule has 1 aromatic carbocycles. The minimum absolute atomic E-state index is 0.124. The van der Waals surface area contributed by atoms with E-state index in [1.54, 1.807) is 0 Å². The lowest BCUT2D eigenvalue weighted by atomic mass is 9.97. The van der Waals surface area contributed by atoms with Gasteiger partial charge in [0.1, 0.15) is 0 Å². The molecule has 112 valence electrons. The zero-order chi connectivity index (χ0) is 14.4. The third kappa shape index (κ3) is 5.12. The van der Waals surface area contributed by atoms with Crippen molar-refractivity contribution in [3.63, 3.8) is 0 Å². The van der Waals surface area contributed by atoms with Crippen LogP contribution < -0.4 is 5.32 Å². The molecule has 0 aromatic heterocycles. The van der Waals surface area contributed by atoms with Gasteiger partial charge in [-0.3, -0.25) is 0 Å². The monoisotopic (exact) mass is 293 g/mol. The van der Waals surface area contributed by atoms with Crippen LogP contribution in [0.1, 0.15) is 45.1 Å². The highest BCUT2D eigenvalue weighted by Gasteiger charge is 2.23. The van der Waals surface area contributed by atoms with Crippen molar-refractivity contribution in [2.24, 2.45) is 5.92 Å². The lowest BCUT2D eigenvalue weighted by Gasteiger charge is -2.26. The first kappa shape index (κ1) is 15.9. The van der Waals surface area contributed by atoms with E-state index in [-0.39, 0.29) is 6.10 Å². The molecule has 0 bridgehead atoms. The van der Waals surface area contributed by atoms with Crippen LogP contribution in [0.15, 0.2) is 29.2 Å². The molecule has 1 aliphatic rings. The van der Waals surface area contributed by atoms with Crippen LogP contribution in [0.5, 0.6) is 0 Å². The van der Waals surface area contributed by atoms with Gasteiger partial charge in [0.25, 0.3) is 0 Å². The van der Waals surface area contributed by atoms with Crippen molar-refractivity contribution in [1.29, 1.82) is 0 Å². The highest BCUT2D eigenvalue weighted by molar-refractivity contribution is 8.00. The standard InChI is InChI=1S/C17H27NOS/c1-13(2)11-18-12-14-7-9-15(10-8-14)20-17-6-4-3-5-16(17)19/h7-10,13,16-19H,3-6,11-12H2,1-2H3. The van der Waals surface area contributed by atoms with Crippen molar-refractivity contribution in [3.8, 4) is 0 Å². The first-order valence-electron chi connectivity index (χ1n) is 7.79.